The van der Waals surface area contributed by atoms with Crippen molar-refractivity contribution in [2.45, 2.75) is 11.8 Å². The van der Waals surface area contributed by atoms with Gasteiger partial charge in [-0.05, 0) is 24.3 Å². The van der Waals surface area contributed by atoms with Gasteiger partial charge in [-0.15, -0.1) is 0 Å². The average molecular weight is 355 g/mol. The molecule has 0 aliphatic rings. The molecule has 0 saturated carbocycles. The first kappa shape index (κ1) is 17.2. The van der Waals surface area contributed by atoms with Crippen molar-refractivity contribution in [2.75, 3.05) is 16.6 Å². The second kappa shape index (κ2) is 6.53. The highest BCUT2D eigenvalue weighted by Gasteiger charge is 2.19. The number of aromatic nitrogens is 1. The van der Waals surface area contributed by atoms with Crippen LogP contribution in [-0.4, -0.2) is 25.6 Å². The van der Waals surface area contributed by atoms with Crippen LogP contribution < -0.4 is 10.4 Å². The molecule has 1 N–H and O–H groups in total. The van der Waals surface area contributed by atoms with E-state index in [0.29, 0.717) is 5.69 Å². The third kappa shape index (κ3) is 3.79. The number of hydrogen-bond donors (Lipinski definition) is 1. The highest BCUT2D eigenvalue weighted by Crippen LogP contribution is 2.31. The molecule has 1 heterocycles. The Labute approximate surface area is 138 Å². The molecule has 0 aliphatic heterocycles. The quantitative estimate of drug-likeness (QED) is 0.847. The van der Waals surface area contributed by atoms with Gasteiger partial charge in [-0.25, -0.2) is 13.4 Å². The molecule has 1 aromatic carbocycles. The van der Waals surface area contributed by atoms with Gasteiger partial charge in [0, 0.05) is 31.1 Å². The maximum absolute atomic E-state index is 12.0. The number of carbonyl (C=O) groups excluding carboxylic acids is 1. The minimum absolute atomic E-state index is 0.00523. The Morgan fingerprint density at radius 1 is 1.30 bits per heavy atom. The molecule has 23 heavy (non-hydrogen) atoms. The van der Waals surface area contributed by atoms with Crippen molar-refractivity contribution in [2.24, 2.45) is 0 Å². The molecule has 0 spiro atoms. The molecule has 0 aliphatic carbocycles. The van der Waals surface area contributed by atoms with Gasteiger partial charge in [-0.3, -0.25) is 9.69 Å². The predicted molar refractivity (Wildman–Crippen MR) is 88.6 cm³/mol. The van der Waals surface area contributed by atoms with Gasteiger partial charge < -0.3 is 10.7 Å². The summed E-state index contributed by atoms with van der Waals surface area (Å²) in [6.45, 7) is 1.32. The van der Waals surface area contributed by atoms with Gasteiger partial charge in [0.15, 0.2) is 9.84 Å². The van der Waals surface area contributed by atoms with E-state index in [9.17, 15) is 18.4 Å². The summed E-state index contributed by atoms with van der Waals surface area (Å²) in [4.78, 5) is 17.2. The number of benzene rings is 1. The number of pyridine rings is 1. The average Bonchev–Trinajstić information content (AvgIpc) is 2.46. The Hall–Kier alpha value is -2.16. The van der Waals surface area contributed by atoms with Gasteiger partial charge >= 0.3 is 0 Å². The molecule has 122 valence electrons. The van der Waals surface area contributed by atoms with Gasteiger partial charge in [-0.2, -0.15) is 0 Å². The van der Waals surface area contributed by atoms with Crippen molar-refractivity contribution in [3.8, 4) is 0 Å². The number of hydrogen-bond acceptors (Lipinski definition) is 6. The number of nitrogens with zero attached hydrogens (tertiary/aromatic N) is 2. The summed E-state index contributed by atoms with van der Waals surface area (Å²) in [5, 5.41) is 10.7. The first-order chi connectivity index (χ1) is 10.7. The van der Waals surface area contributed by atoms with E-state index in [1.54, 1.807) is 5.48 Å². The van der Waals surface area contributed by atoms with Gasteiger partial charge in [0.05, 0.1) is 15.6 Å². The summed E-state index contributed by atoms with van der Waals surface area (Å²) in [6, 6.07) is 6.97. The second-order valence-corrected chi connectivity index (χ2v) is 7.14. The molecular formula is C14H13ClN3O4S-. The molecule has 0 bridgehead atoms. The summed E-state index contributed by atoms with van der Waals surface area (Å²) >= 11 is 6.01. The fraction of sp³-hybridized carbons (Fsp3) is 0.143. The fourth-order valence-corrected chi connectivity index (χ4v) is 3.33. The SMILES string of the molecule is CC(=O)N(c1ccc(S(C)(=O)=O)c(Cl)c1)c1cc(N[O-])ccn1. The van der Waals surface area contributed by atoms with Crippen LogP contribution in [0.5, 0.6) is 0 Å². The Morgan fingerprint density at radius 2 is 2.00 bits per heavy atom. The van der Waals surface area contributed by atoms with E-state index < -0.39 is 9.84 Å². The lowest BCUT2D eigenvalue weighted by Crippen LogP contribution is -2.23. The first-order valence-corrected chi connectivity index (χ1v) is 8.65. The maximum Gasteiger partial charge on any atom is 0.229 e. The van der Waals surface area contributed by atoms with Crippen molar-refractivity contribution in [1.82, 2.24) is 4.98 Å². The molecule has 0 radical (unpaired) electrons. The third-order valence-electron chi connectivity index (χ3n) is 2.98. The lowest BCUT2D eigenvalue weighted by molar-refractivity contribution is -0.115. The lowest BCUT2D eigenvalue weighted by atomic mass is 10.2. The van der Waals surface area contributed by atoms with E-state index in [2.05, 4.69) is 4.98 Å². The van der Waals surface area contributed by atoms with Crippen LogP contribution in [0.15, 0.2) is 41.4 Å². The second-order valence-electron chi connectivity index (χ2n) is 4.75. The number of amides is 1. The van der Waals surface area contributed by atoms with Crippen molar-refractivity contribution in [1.29, 1.82) is 0 Å². The van der Waals surface area contributed by atoms with Crippen molar-refractivity contribution < 1.29 is 13.2 Å². The van der Waals surface area contributed by atoms with Crippen LogP contribution in [-0.2, 0) is 14.6 Å². The fourth-order valence-electron chi connectivity index (χ4n) is 2.01. The minimum atomic E-state index is -3.47. The normalized spacial score (nSPS) is 11.1. The Balaban J connectivity index is 2.55. The number of rotatable bonds is 4. The first-order valence-electron chi connectivity index (χ1n) is 6.38. The summed E-state index contributed by atoms with van der Waals surface area (Å²) < 4.78 is 23.2. The van der Waals surface area contributed by atoms with Crippen molar-refractivity contribution in [3.05, 3.63) is 46.8 Å². The van der Waals surface area contributed by atoms with Crippen molar-refractivity contribution in [3.63, 3.8) is 0 Å². The van der Waals surface area contributed by atoms with E-state index in [-0.39, 0.29) is 27.3 Å². The largest absolute Gasteiger partial charge is 0.761 e. The Bertz CT molecular complexity index is 855. The molecule has 0 fully saturated rings. The topological polar surface area (TPSA) is 102 Å². The van der Waals surface area contributed by atoms with E-state index in [4.69, 9.17) is 11.6 Å². The van der Waals surface area contributed by atoms with Gasteiger partial charge in [0.1, 0.15) is 5.82 Å². The van der Waals surface area contributed by atoms with E-state index >= 15 is 0 Å². The van der Waals surface area contributed by atoms with Gasteiger partial charge in [0.25, 0.3) is 0 Å². The van der Waals surface area contributed by atoms with Gasteiger partial charge in [-0.1, -0.05) is 11.6 Å². The van der Waals surface area contributed by atoms with E-state index in [1.807, 2.05) is 0 Å². The molecule has 2 rings (SSSR count). The monoisotopic (exact) mass is 354 g/mol. The zero-order valence-electron chi connectivity index (χ0n) is 12.3. The molecule has 1 amide bonds. The smallest absolute Gasteiger partial charge is 0.229 e. The molecule has 0 saturated heterocycles. The predicted octanol–water partition coefficient (Wildman–Crippen LogP) is 2.73. The van der Waals surface area contributed by atoms with Crippen LogP contribution in [0, 0.1) is 5.21 Å². The summed E-state index contributed by atoms with van der Waals surface area (Å²) in [6.07, 6.45) is 2.42. The molecular weight excluding hydrogens is 342 g/mol. The highest BCUT2D eigenvalue weighted by molar-refractivity contribution is 7.90. The van der Waals surface area contributed by atoms with Gasteiger partial charge in [0.2, 0.25) is 5.91 Å². The van der Waals surface area contributed by atoms with E-state index in [1.165, 1.54) is 48.4 Å². The number of sulfone groups is 1. The van der Waals surface area contributed by atoms with Crippen LogP contribution >= 0.6 is 11.6 Å². The highest BCUT2D eigenvalue weighted by atomic mass is 35.5. The minimum Gasteiger partial charge on any atom is -0.761 e. The summed E-state index contributed by atoms with van der Waals surface area (Å²) in [5.41, 5.74) is 2.29. The molecule has 9 heteroatoms. The third-order valence-corrected chi connectivity index (χ3v) is 4.56. The number of halogens is 1. The van der Waals surface area contributed by atoms with Crippen LogP contribution in [0.1, 0.15) is 6.92 Å². The maximum atomic E-state index is 12.0. The molecule has 0 atom stereocenters. The van der Waals surface area contributed by atoms with Crippen LogP contribution in [0.3, 0.4) is 0 Å². The van der Waals surface area contributed by atoms with E-state index in [0.717, 1.165) is 6.26 Å². The zero-order valence-corrected chi connectivity index (χ0v) is 13.9. The van der Waals surface area contributed by atoms with Crippen LogP contribution in [0.25, 0.3) is 0 Å². The molecule has 0 unspecified atom stereocenters. The standard InChI is InChI=1S/C14H13ClN3O4S/c1-9(19)18(14-7-10(17-20)5-6-16-14)11-3-4-13(12(15)8-11)23(2,21)22/h3-8H,1-2H3,(H-,16,17,20)/q-1. The summed E-state index contributed by atoms with van der Waals surface area (Å²) in [5.74, 6) is -0.162. The summed E-state index contributed by atoms with van der Waals surface area (Å²) in [7, 11) is -3.47. The molecule has 2 aromatic rings. The molecule has 1 aromatic heterocycles. The lowest BCUT2D eigenvalue weighted by Gasteiger charge is -2.22. The number of anilines is 3. The zero-order chi connectivity index (χ0) is 17.2. The number of carbonyl (C=O) groups is 1. The number of nitrogens with one attached hydrogen (secondary N) is 1. The molecule has 7 nitrogen and oxygen atoms in total. The van der Waals surface area contributed by atoms with Crippen molar-refractivity contribution >= 4 is 44.5 Å². The Morgan fingerprint density at radius 3 is 2.52 bits per heavy atom. The van der Waals surface area contributed by atoms with Crippen LogP contribution in [0.2, 0.25) is 5.02 Å². The Kier molecular flexibility index (Phi) is 4.88. The van der Waals surface area contributed by atoms with Crippen LogP contribution in [0.4, 0.5) is 17.2 Å².